The Morgan fingerprint density at radius 2 is 1.77 bits per heavy atom. The minimum Gasteiger partial charge on any atom is -0.462 e. The summed E-state index contributed by atoms with van der Waals surface area (Å²) in [5, 5.41) is 3.12. The minimum absolute atomic E-state index is 0.270. The van der Waals surface area contributed by atoms with E-state index in [2.05, 4.69) is 10.3 Å². The van der Waals surface area contributed by atoms with Crippen molar-refractivity contribution in [3.05, 3.63) is 70.6 Å². The van der Waals surface area contributed by atoms with Gasteiger partial charge in [0, 0.05) is 11.1 Å². The van der Waals surface area contributed by atoms with Gasteiger partial charge >= 0.3 is 5.97 Å². The molecule has 132 valence electrons. The molecular weight excluding hydrogens is 348 g/mol. The zero-order valence-electron chi connectivity index (χ0n) is 14.5. The zero-order chi connectivity index (χ0) is 18.5. The number of aryl methyl sites for hydroxylation is 1. The van der Waals surface area contributed by atoms with Crippen LogP contribution in [0.15, 0.2) is 54.6 Å². The summed E-state index contributed by atoms with van der Waals surface area (Å²) >= 11 is 1.11. The lowest BCUT2D eigenvalue weighted by Gasteiger charge is -2.02. The van der Waals surface area contributed by atoms with Crippen LogP contribution in [0.3, 0.4) is 0 Å². The fourth-order valence-corrected chi connectivity index (χ4v) is 3.25. The van der Waals surface area contributed by atoms with Crippen LogP contribution in [0.25, 0.3) is 11.3 Å². The molecule has 2 aromatic carbocycles. The average molecular weight is 366 g/mol. The molecule has 0 unspecified atom stereocenters. The third-order valence-electron chi connectivity index (χ3n) is 3.67. The maximum absolute atomic E-state index is 12.4. The number of amides is 1. The molecule has 5 nitrogen and oxygen atoms in total. The van der Waals surface area contributed by atoms with Gasteiger partial charge < -0.3 is 4.74 Å². The van der Waals surface area contributed by atoms with E-state index < -0.39 is 5.97 Å². The molecule has 0 aliphatic rings. The predicted octanol–water partition coefficient (Wildman–Crippen LogP) is 4.55. The number of hydrogen-bond donors (Lipinski definition) is 1. The summed E-state index contributed by atoms with van der Waals surface area (Å²) in [5.74, 6) is -0.714. The highest BCUT2D eigenvalue weighted by molar-refractivity contribution is 7.18. The third-order valence-corrected chi connectivity index (χ3v) is 4.62. The van der Waals surface area contributed by atoms with Crippen molar-refractivity contribution in [2.24, 2.45) is 0 Å². The number of benzene rings is 2. The van der Waals surface area contributed by atoms with Crippen LogP contribution in [-0.4, -0.2) is 23.5 Å². The smallest absolute Gasteiger partial charge is 0.350 e. The molecule has 3 rings (SSSR count). The molecule has 26 heavy (non-hydrogen) atoms. The van der Waals surface area contributed by atoms with Crippen molar-refractivity contribution >= 4 is 28.3 Å². The van der Waals surface area contributed by atoms with Crippen LogP contribution in [0.5, 0.6) is 0 Å². The number of ether oxygens (including phenoxy) is 1. The first-order valence-electron chi connectivity index (χ1n) is 8.20. The number of nitrogens with zero attached hydrogens (tertiary/aromatic N) is 1. The maximum atomic E-state index is 12.4. The number of carbonyl (C=O) groups is 2. The normalized spacial score (nSPS) is 10.4. The Balaban J connectivity index is 1.91. The fraction of sp³-hybridized carbons (Fsp3) is 0.150. The van der Waals surface area contributed by atoms with Gasteiger partial charge in [-0.15, -0.1) is 0 Å². The quantitative estimate of drug-likeness (QED) is 0.673. The van der Waals surface area contributed by atoms with Crippen LogP contribution in [-0.2, 0) is 4.74 Å². The summed E-state index contributed by atoms with van der Waals surface area (Å²) in [6.07, 6.45) is 0. The molecule has 0 saturated carbocycles. The van der Waals surface area contributed by atoms with Gasteiger partial charge in [-0.3, -0.25) is 10.1 Å². The van der Waals surface area contributed by atoms with Gasteiger partial charge in [-0.2, -0.15) is 0 Å². The van der Waals surface area contributed by atoms with Crippen molar-refractivity contribution in [2.75, 3.05) is 11.9 Å². The van der Waals surface area contributed by atoms with E-state index in [1.54, 1.807) is 19.1 Å². The summed E-state index contributed by atoms with van der Waals surface area (Å²) in [4.78, 5) is 29.5. The fourth-order valence-electron chi connectivity index (χ4n) is 2.37. The van der Waals surface area contributed by atoms with Gasteiger partial charge in [-0.05, 0) is 26.0 Å². The van der Waals surface area contributed by atoms with Gasteiger partial charge in [0.05, 0.1) is 12.3 Å². The van der Waals surface area contributed by atoms with Crippen LogP contribution in [0, 0.1) is 6.92 Å². The molecule has 3 aromatic rings. The number of esters is 1. The molecule has 1 heterocycles. The molecular formula is C20H18N2O3S. The second-order valence-corrected chi connectivity index (χ2v) is 6.60. The standard InChI is InChI=1S/C20H18N2O3S/c1-3-25-19(24)17-16(14-7-5-4-6-8-14)21-20(26-17)22-18(23)15-11-9-13(2)10-12-15/h4-12H,3H2,1-2H3,(H,21,22,23). The SMILES string of the molecule is CCOC(=O)c1sc(NC(=O)c2ccc(C)cc2)nc1-c1ccccc1. The summed E-state index contributed by atoms with van der Waals surface area (Å²) in [6, 6.07) is 16.6. The first kappa shape index (κ1) is 17.8. The molecule has 6 heteroatoms. The Hall–Kier alpha value is -2.99. The Bertz CT molecular complexity index is 918. The van der Waals surface area contributed by atoms with Crippen molar-refractivity contribution in [1.82, 2.24) is 4.98 Å². The second-order valence-electron chi connectivity index (χ2n) is 5.60. The highest BCUT2D eigenvalue weighted by Crippen LogP contribution is 2.32. The van der Waals surface area contributed by atoms with E-state index in [1.807, 2.05) is 49.4 Å². The Labute approximate surface area is 155 Å². The molecule has 0 atom stereocenters. The zero-order valence-corrected chi connectivity index (χ0v) is 15.3. The van der Waals surface area contributed by atoms with Crippen molar-refractivity contribution in [3.8, 4) is 11.3 Å². The van der Waals surface area contributed by atoms with Gasteiger partial charge in [-0.25, -0.2) is 9.78 Å². The van der Waals surface area contributed by atoms with Gasteiger partial charge in [0.25, 0.3) is 5.91 Å². The molecule has 0 aliphatic heterocycles. The number of anilines is 1. The van der Waals surface area contributed by atoms with Crippen LogP contribution in [0.1, 0.15) is 32.5 Å². The summed E-state index contributed by atoms with van der Waals surface area (Å²) in [6.45, 7) is 3.98. The van der Waals surface area contributed by atoms with Crippen LogP contribution >= 0.6 is 11.3 Å². The van der Waals surface area contributed by atoms with E-state index in [0.29, 0.717) is 21.3 Å². The summed E-state index contributed by atoms with van der Waals surface area (Å²) in [5.41, 5.74) is 2.91. The maximum Gasteiger partial charge on any atom is 0.350 e. The Kier molecular flexibility index (Phi) is 5.43. The molecule has 1 N–H and O–H groups in total. The number of hydrogen-bond acceptors (Lipinski definition) is 5. The van der Waals surface area contributed by atoms with E-state index in [0.717, 1.165) is 22.5 Å². The van der Waals surface area contributed by atoms with Gasteiger partial charge in [0.2, 0.25) is 0 Å². The van der Waals surface area contributed by atoms with Crippen molar-refractivity contribution < 1.29 is 14.3 Å². The van der Waals surface area contributed by atoms with Crippen LogP contribution in [0.4, 0.5) is 5.13 Å². The van der Waals surface area contributed by atoms with Crippen molar-refractivity contribution in [3.63, 3.8) is 0 Å². The molecule has 0 fully saturated rings. The first-order chi connectivity index (χ1) is 12.6. The number of nitrogens with one attached hydrogen (secondary N) is 1. The highest BCUT2D eigenvalue weighted by atomic mass is 32.1. The number of carbonyl (C=O) groups excluding carboxylic acids is 2. The molecule has 0 saturated heterocycles. The largest absolute Gasteiger partial charge is 0.462 e. The Morgan fingerprint density at radius 3 is 2.42 bits per heavy atom. The lowest BCUT2D eigenvalue weighted by molar-refractivity contribution is 0.0532. The van der Waals surface area contributed by atoms with Gasteiger partial charge in [-0.1, -0.05) is 59.4 Å². The Morgan fingerprint density at radius 1 is 1.08 bits per heavy atom. The molecule has 0 aliphatic carbocycles. The second kappa shape index (κ2) is 7.93. The molecule has 1 amide bonds. The van der Waals surface area contributed by atoms with Crippen molar-refractivity contribution in [1.29, 1.82) is 0 Å². The van der Waals surface area contributed by atoms with Gasteiger partial charge in [0.1, 0.15) is 4.88 Å². The lowest BCUT2D eigenvalue weighted by atomic mass is 10.1. The lowest BCUT2D eigenvalue weighted by Crippen LogP contribution is -2.11. The third kappa shape index (κ3) is 3.97. The number of rotatable bonds is 5. The molecule has 1 aromatic heterocycles. The van der Waals surface area contributed by atoms with Crippen LogP contribution < -0.4 is 5.32 Å². The van der Waals surface area contributed by atoms with Crippen LogP contribution in [0.2, 0.25) is 0 Å². The highest BCUT2D eigenvalue weighted by Gasteiger charge is 2.21. The topological polar surface area (TPSA) is 68.3 Å². The van der Waals surface area contributed by atoms with Gasteiger partial charge in [0.15, 0.2) is 5.13 Å². The van der Waals surface area contributed by atoms with E-state index in [-0.39, 0.29) is 12.5 Å². The van der Waals surface area contributed by atoms with E-state index in [9.17, 15) is 9.59 Å². The number of aromatic nitrogens is 1. The van der Waals surface area contributed by atoms with Crippen molar-refractivity contribution in [2.45, 2.75) is 13.8 Å². The molecule has 0 bridgehead atoms. The minimum atomic E-state index is -0.445. The number of thiazole rings is 1. The summed E-state index contributed by atoms with van der Waals surface area (Å²) in [7, 11) is 0. The predicted molar refractivity (Wildman–Crippen MR) is 103 cm³/mol. The van der Waals surface area contributed by atoms with E-state index in [1.165, 1.54) is 0 Å². The van der Waals surface area contributed by atoms with E-state index in [4.69, 9.17) is 4.74 Å². The monoisotopic (exact) mass is 366 g/mol. The first-order valence-corrected chi connectivity index (χ1v) is 9.01. The molecule has 0 spiro atoms. The van der Waals surface area contributed by atoms with E-state index >= 15 is 0 Å². The summed E-state index contributed by atoms with van der Waals surface area (Å²) < 4.78 is 5.12. The molecule has 0 radical (unpaired) electrons. The average Bonchev–Trinajstić information content (AvgIpc) is 3.07.